The first kappa shape index (κ1) is 15.2. The highest BCUT2D eigenvalue weighted by Crippen LogP contribution is 2.24. The predicted octanol–water partition coefficient (Wildman–Crippen LogP) is 2.98. The maximum Gasteiger partial charge on any atom is 0.131 e. The van der Waals surface area contributed by atoms with Crippen LogP contribution >= 0.6 is 11.3 Å². The lowest BCUT2D eigenvalue weighted by molar-refractivity contribution is 0.132. The number of hydrogen-bond acceptors (Lipinski definition) is 4. The first-order chi connectivity index (χ1) is 9.83. The van der Waals surface area contributed by atoms with E-state index < -0.39 is 0 Å². The second kappa shape index (κ2) is 8.19. The van der Waals surface area contributed by atoms with Crippen molar-refractivity contribution in [2.75, 3.05) is 19.8 Å². The second-order valence-corrected chi connectivity index (χ2v) is 5.74. The average molecular weight is 293 g/mol. The van der Waals surface area contributed by atoms with Gasteiger partial charge in [0.2, 0.25) is 0 Å². The molecular formula is C15H23N3OS. The molecular weight excluding hydrogens is 270 g/mol. The zero-order valence-electron chi connectivity index (χ0n) is 12.2. The topological polar surface area (TPSA) is 39.1 Å². The molecule has 110 valence electrons. The van der Waals surface area contributed by atoms with E-state index in [4.69, 9.17) is 4.74 Å². The lowest BCUT2D eigenvalue weighted by atomic mass is 10.2. The van der Waals surface area contributed by atoms with Crippen LogP contribution in [0.2, 0.25) is 0 Å². The monoisotopic (exact) mass is 293 g/mol. The minimum atomic E-state index is 0.168. The number of aryl methyl sites for hydroxylation is 1. The Hall–Kier alpha value is -1.17. The van der Waals surface area contributed by atoms with Gasteiger partial charge in [0.25, 0.3) is 0 Å². The number of ether oxygens (including phenoxy) is 1. The third-order valence-corrected chi connectivity index (χ3v) is 4.04. The molecule has 0 aliphatic rings. The van der Waals surface area contributed by atoms with E-state index in [2.05, 4.69) is 39.3 Å². The Kier molecular flexibility index (Phi) is 6.24. The molecule has 20 heavy (non-hydrogen) atoms. The quantitative estimate of drug-likeness (QED) is 0.722. The fourth-order valence-electron chi connectivity index (χ4n) is 2.10. The maximum atomic E-state index is 5.51. The molecule has 1 unspecified atom stereocenters. The van der Waals surface area contributed by atoms with Crippen LogP contribution in [-0.4, -0.2) is 29.3 Å². The Morgan fingerprint density at radius 1 is 1.45 bits per heavy atom. The van der Waals surface area contributed by atoms with Crippen LogP contribution in [-0.2, 0) is 11.8 Å². The SMILES string of the molecule is CCCOCCCNC(c1cccs1)c1nccn1C. The van der Waals surface area contributed by atoms with Crippen molar-refractivity contribution in [2.24, 2.45) is 7.05 Å². The molecule has 2 aromatic heterocycles. The van der Waals surface area contributed by atoms with Gasteiger partial charge in [0, 0.05) is 37.5 Å². The zero-order valence-corrected chi connectivity index (χ0v) is 13.0. The molecule has 2 aromatic rings. The molecule has 0 spiro atoms. The average Bonchev–Trinajstić information content (AvgIpc) is 3.10. The highest BCUT2D eigenvalue weighted by Gasteiger charge is 2.18. The number of thiophene rings is 1. The lowest BCUT2D eigenvalue weighted by Crippen LogP contribution is -2.26. The molecule has 4 nitrogen and oxygen atoms in total. The summed E-state index contributed by atoms with van der Waals surface area (Å²) < 4.78 is 7.59. The van der Waals surface area contributed by atoms with Crippen molar-refractivity contribution in [3.05, 3.63) is 40.6 Å². The van der Waals surface area contributed by atoms with E-state index in [0.717, 1.165) is 38.4 Å². The summed E-state index contributed by atoms with van der Waals surface area (Å²) >= 11 is 1.76. The van der Waals surface area contributed by atoms with Gasteiger partial charge >= 0.3 is 0 Å². The number of nitrogens with one attached hydrogen (secondary N) is 1. The van der Waals surface area contributed by atoms with E-state index in [1.165, 1.54) is 4.88 Å². The van der Waals surface area contributed by atoms with Crippen LogP contribution in [0, 0.1) is 0 Å². The molecule has 0 aliphatic carbocycles. The van der Waals surface area contributed by atoms with Crippen LogP contribution in [0.1, 0.15) is 36.5 Å². The summed E-state index contributed by atoms with van der Waals surface area (Å²) in [5.74, 6) is 1.06. The molecule has 0 aromatic carbocycles. The van der Waals surface area contributed by atoms with Gasteiger partial charge in [-0.05, 0) is 30.8 Å². The number of hydrogen-bond donors (Lipinski definition) is 1. The Labute approximate surface area is 124 Å². The maximum absolute atomic E-state index is 5.51. The van der Waals surface area contributed by atoms with Gasteiger partial charge in [0.15, 0.2) is 0 Å². The summed E-state index contributed by atoms with van der Waals surface area (Å²) in [6, 6.07) is 4.41. The minimum absolute atomic E-state index is 0.168. The number of nitrogens with zero attached hydrogens (tertiary/aromatic N) is 2. The standard InChI is InChI=1S/C15H23N3OS/c1-3-10-19-11-5-7-16-14(13-6-4-12-20-13)15-17-8-9-18(15)2/h4,6,8-9,12,14,16H,3,5,7,10-11H2,1-2H3. The molecule has 0 saturated heterocycles. The van der Waals surface area contributed by atoms with E-state index in [1.807, 2.05) is 19.4 Å². The van der Waals surface area contributed by atoms with E-state index in [1.54, 1.807) is 11.3 Å². The van der Waals surface area contributed by atoms with Gasteiger partial charge in [-0.15, -0.1) is 11.3 Å². The van der Waals surface area contributed by atoms with Crippen LogP contribution in [0.3, 0.4) is 0 Å². The molecule has 0 aliphatic heterocycles. The smallest absolute Gasteiger partial charge is 0.131 e. The summed E-state index contributed by atoms with van der Waals surface area (Å²) in [5.41, 5.74) is 0. The Bertz CT molecular complexity index is 481. The Morgan fingerprint density at radius 3 is 3.00 bits per heavy atom. The van der Waals surface area contributed by atoms with Crippen LogP contribution in [0.25, 0.3) is 0 Å². The molecule has 0 radical (unpaired) electrons. The van der Waals surface area contributed by atoms with Crippen LogP contribution in [0.15, 0.2) is 29.9 Å². The fraction of sp³-hybridized carbons (Fsp3) is 0.533. The third-order valence-electron chi connectivity index (χ3n) is 3.11. The van der Waals surface area contributed by atoms with Crippen LogP contribution in [0.4, 0.5) is 0 Å². The Morgan fingerprint density at radius 2 is 2.35 bits per heavy atom. The molecule has 0 saturated carbocycles. The van der Waals surface area contributed by atoms with Crippen LogP contribution < -0.4 is 5.32 Å². The summed E-state index contributed by atoms with van der Waals surface area (Å²) in [4.78, 5) is 5.78. The van der Waals surface area contributed by atoms with Crippen molar-refractivity contribution in [3.8, 4) is 0 Å². The summed E-state index contributed by atoms with van der Waals surface area (Å²) in [6.45, 7) is 4.73. The normalized spacial score (nSPS) is 12.7. The van der Waals surface area contributed by atoms with Crippen molar-refractivity contribution in [1.82, 2.24) is 14.9 Å². The molecule has 1 atom stereocenters. The molecule has 0 bridgehead atoms. The highest BCUT2D eigenvalue weighted by molar-refractivity contribution is 7.10. The van der Waals surface area contributed by atoms with E-state index >= 15 is 0 Å². The molecule has 0 amide bonds. The third kappa shape index (κ3) is 4.16. The van der Waals surface area contributed by atoms with Gasteiger partial charge in [0.1, 0.15) is 11.9 Å². The molecule has 1 N–H and O–H groups in total. The largest absolute Gasteiger partial charge is 0.381 e. The van der Waals surface area contributed by atoms with Gasteiger partial charge < -0.3 is 14.6 Å². The number of aromatic nitrogens is 2. The van der Waals surface area contributed by atoms with Crippen molar-refractivity contribution in [3.63, 3.8) is 0 Å². The van der Waals surface area contributed by atoms with Crippen molar-refractivity contribution in [1.29, 1.82) is 0 Å². The molecule has 5 heteroatoms. The molecule has 2 heterocycles. The van der Waals surface area contributed by atoms with Crippen LogP contribution in [0.5, 0.6) is 0 Å². The van der Waals surface area contributed by atoms with Gasteiger partial charge in [-0.1, -0.05) is 13.0 Å². The lowest BCUT2D eigenvalue weighted by Gasteiger charge is -2.17. The second-order valence-electron chi connectivity index (χ2n) is 4.76. The van der Waals surface area contributed by atoms with Gasteiger partial charge in [0.05, 0.1) is 0 Å². The first-order valence-electron chi connectivity index (χ1n) is 7.14. The van der Waals surface area contributed by atoms with Gasteiger partial charge in [-0.3, -0.25) is 0 Å². The Balaban J connectivity index is 1.90. The van der Waals surface area contributed by atoms with Crippen molar-refractivity contribution >= 4 is 11.3 Å². The van der Waals surface area contributed by atoms with E-state index in [0.29, 0.717) is 0 Å². The van der Waals surface area contributed by atoms with Crippen molar-refractivity contribution in [2.45, 2.75) is 25.8 Å². The summed E-state index contributed by atoms with van der Waals surface area (Å²) in [7, 11) is 2.04. The summed E-state index contributed by atoms with van der Waals surface area (Å²) in [6.07, 6.45) is 5.94. The number of rotatable bonds is 9. The minimum Gasteiger partial charge on any atom is -0.381 e. The number of imidazole rings is 1. The summed E-state index contributed by atoms with van der Waals surface area (Å²) in [5, 5.41) is 5.70. The van der Waals surface area contributed by atoms with Crippen molar-refractivity contribution < 1.29 is 4.74 Å². The fourth-order valence-corrected chi connectivity index (χ4v) is 2.89. The predicted molar refractivity (Wildman–Crippen MR) is 83.1 cm³/mol. The molecule has 0 fully saturated rings. The van der Waals surface area contributed by atoms with Gasteiger partial charge in [-0.25, -0.2) is 4.98 Å². The van der Waals surface area contributed by atoms with Gasteiger partial charge in [-0.2, -0.15) is 0 Å². The highest BCUT2D eigenvalue weighted by atomic mass is 32.1. The van der Waals surface area contributed by atoms with E-state index in [9.17, 15) is 0 Å². The molecule has 2 rings (SSSR count). The first-order valence-corrected chi connectivity index (χ1v) is 8.02. The van der Waals surface area contributed by atoms with E-state index in [-0.39, 0.29) is 6.04 Å². The zero-order chi connectivity index (χ0) is 14.2.